The molecule has 2 aromatic rings. The van der Waals surface area contributed by atoms with Crippen LogP contribution in [0.3, 0.4) is 0 Å². The normalized spacial score (nSPS) is 12.7. The topological polar surface area (TPSA) is 39.1 Å². The van der Waals surface area contributed by atoms with Gasteiger partial charge in [-0.15, -0.1) is 0 Å². The molecule has 108 valence electrons. The molecule has 4 heteroatoms. The average molecular weight is 273 g/mol. The molecule has 0 aliphatic heterocycles. The maximum absolute atomic E-state index is 5.67. The van der Waals surface area contributed by atoms with Crippen LogP contribution in [-0.2, 0) is 6.54 Å². The van der Waals surface area contributed by atoms with Gasteiger partial charge in [0.2, 0.25) is 0 Å². The molecule has 0 fully saturated rings. The molecule has 2 rings (SSSR count). The summed E-state index contributed by atoms with van der Waals surface area (Å²) in [5.41, 5.74) is 2.28. The Morgan fingerprint density at radius 3 is 2.40 bits per heavy atom. The van der Waals surface area contributed by atoms with Gasteiger partial charge in [0, 0.05) is 6.20 Å². The van der Waals surface area contributed by atoms with Crippen LogP contribution in [0.2, 0.25) is 0 Å². The number of aryl methyl sites for hydroxylation is 1. The van der Waals surface area contributed by atoms with E-state index in [0.717, 1.165) is 18.0 Å². The summed E-state index contributed by atoms with van der Waals surface area (Å²) in [6.45, 7) is 6.88. The van der Waals surface area contributed by atoms with Crippen molar-refractivity contribution in [1.29, 1.82) is 0 Å². The number of benzene rings is 1. The lowest BCUT2D eigenvalue weighted by Gasteiger charge is -2.17. The SMILES string of the molecule is CNC(Cn1ccc(C)n1)c1ccc(OC(C)C)cc1. The van der Waals surface area contributed by atoms with Gasteiger partial charge in [-0.2, -0.15) is 5.10 Å². The molecular formula is C16H23N3O. The van der Waals surface area contributed by atoms with Crippen LogP contribution >= 0.6 is 0 Å². The standard InChI is InChI=1S/C16H23N3O/c1-12(2)20-15-7-5-14(6-8-15)16(17-4)11-19-10-9-13(3)18-19/h5-10,12,16-17H,11H2,1-4H3. The Morgan fingerprint density at radius 1 is 1.20 bits per heavy atom. The number of ether oxygens (including phenoxy) is 1. The van der Waals surface area contributed by atoms with Crippen molar-refractivity contribution in [1.82, 2.24) is 15.1 Å². The van der Waals surface area contributed by atoms with Gasteiger partial charge in [-0.05, 0) is 51.6 Å². The molecule has 1 atom stereocenters. The Labute approximate surface area is 120 Å². The molecule has 20 heavy (non-hydrogen) atoms. The van der Waals surface area contributed by atoms with E-state index in [4.69, 9.17) is 4.74 Å². The first kappa shape index (κ1) is 14.6. The fraction of sp³-hybridized carbons (Fsp3) is 0.438. The number of nitrogens with zero attached hydrogens (tertiary/aromatic N) is 2. The van der Waals surface area contributed by atoms with Crippen LogP contribution in [-0.4, -0.2) is 22.9 Å². The predicted octanol–water partition coefficient (Wildman–Crippen LogP) is 2.94. The Hall–Kier alpha value is -1.81. The molecule has 1 heterocycles. The molecule has 0 saturated carbocycles. The number of likely N-dealkylation sites (N-methyl/N-ethyl adjacent to an activating group) is 1. The minimum Gasteiger partial charge on any atom is -0.491 e. The van der Waals surface area contributed by atoms with E-state index in [9.17, 15) is 0 Å². The molecule has 0 saturated heterocycles. The van der Waals surface area contributed by atoms with Gasteiger partial charge in [0.25, 0.3) is 0 Å². The van der Waals surface area contributed by atoms with Crippen molar-refractivity contribution in [2.45, 2.75) is 39.5 Å². The smallest absolute Gasteiger partial charge is 0.119 e. The van der Waals surface area contributed by atoms with Crippen LogP contribution in [0.15, 0.2) is 36.5 Å². The van der Waals surface area contributed by atoms with Gasteiger partial charge >= 0.3 is 0 Å². The predicted molar refractivity (Wildman–Crippen MR) is 81.0 cm³/mol. The Kier molecular flexibility index (Phi) is 4.79. The summed E-state index contributed by atoms with van der Waals surface area (Å²) >= 11 is 0. The van der Waals surface area contributed by atoms with E-state index in [1.54, 1.807) is 0 Å². The number of aromatic nitrogens is 2. The zero-order valence-corrected chi connectivity index (χ0v) is 12.6. The molecule has 0 aliphatic carbocycles. The van der Waals surface area contributed by atoms with Crippen molar-refractivity contribution in [3.8, 4) is 5.75 Å². The van der Waals surface area contributed by atoms with Crippen LogP contribution in [0.25, 0.3) is 0 Å². The van der Waals surface area contributed by atoms with Gasteiger partial charge in [-0.25, -0.2) is 0 Å². The van der Waals surface area contributed by atoms with E-state index < -0.39 is 0 Å². The first-order valence-corrected chi connectivity index (χ1v) is 7.02. The summed E-state index contributed by atoms with van der Waals surface area (Å²) in [7, 11) is 1.97. The minimum atomic E-state index is 0.202. The Bertz CT molecular complexity index is 531. The molecule has 0 aliphatic rings. The van der Waals surface area contributed by atoms with Crippen molar-refractivity contribution in [3.63, 3.8) is 0 Å². The lowest BCUT2D eigenvalue weighted by atomic mass is 10.1. The van der Waals surface area contributed by atoms with Crippen LogP contribution in [0.4, 0.5) is 0 Å². The van der Waals surface area contributed by atoms with Gasteiger partial charge in [-0.1, -0.05) is 12.1 Å². The Morgan fingerprint density at radius 2 is 1.90 bits per heavy atom. The number of rotatable bonds is 6. The molecular weight excluding hydrogens is 250 g/mol. The molecule has 0 spiro atoms. The number of hydrogen-bond donors (Lipinski definition) is 1. The van der Waals surface area contributed by atoms with Crippen LogP contribution in [0.5, 0.6) is 5.75 Å². The number of nitrogens with one attached hydrogen (secondary N) is 1. The maximum Gasteiger partial charge on any atom is 0.119 e. The molecule has 1 aromatic carbocycles. The van der Waals surface area contributed by atoms with E-state index >= 15 is 0 Å². The van der Waals surface area contributed by atoms with E-state index in [2.05, 4.69) is 22.5 Å². The van der Waals surface area contributed by atoms with Gasteiger partial charge in [0.1, 0.15) is 5.75 Å². The number of hydrogen-bond acceptors (Lipinski definition) is 3. The van der Waals surface area contributed by atoms with Crippen molar-refractivity contribution in [2.75, 3.05) is 7.05 Å². The summed E-state index contributed by atoms with van der Waals surface area (Å²) in [6, 6.07) is 10.5. The fourth-order valence-electron chi connectivity index (χ4n) is 2.17. The highest BCUT2D eigenvalue weighted by Gasteiger charge is 2.11. The lowest BCUT2D eigenvalue weighted by Crippen LogP contribution is -2.22. The summed E-state index contributed by atoms with van der Waals surface area (Å²) in [4.78, 5) is 0. The molecule has 0 radical (unpaired) electrons. The third-order valence-electron chi connectivity index (χ3n) is 3.15. The van der Waals surface area contributed by atoms with Crippen LogP contribution in [0, 0.1) is 6.92 Å². The van der Waals surface area contributed by atoms with E-state index in [-0.39, 0.29) is 12.1 Å². The van der Waals surface area contributed by atoms with Gasteiger partial charge in [0.05, 0.1) is 24.4 Å². The quantitative estimate of drug-likeness (QED) is 0.879. The summed E-state index contributed by atoms with van der Waals surface area (Å²) in [6.07, 6.45) is 2.21. The van der Waals surface area contributed by atoms with Crippen molar-refractivity contribution >= 4 is 0 Å². The molecule has 0 bridgehead atoms. The first-order chi connectivity index (χ1) is 9.58. The van der Waals surface area contributed by atoms with Crippen molar-refractivity contribution < 1.29 is 4.74 Å². The van der Waals surface area contributed by atoms with Gasteiger partial charge < -0.3 is 10.1 Å². The zero-order valence-electron chi connectivity index (χ0n) is 12.6. The Balaban J connectivity index is 2.07. The zero-order chi connectivity index (χ0) is 14.5. The third kappa shape index (κ3) is 3.84. The van der Waals surface area contributed by atoms with Crippen molar-refractivity contribution in [3.05, 3.63) is 47.8 Å². The summed E-state index contributed by atoms with van der Waals surface area (Å²) in [5.74, 6) is 0.911. The largest absolute Gasteiger partial charge is 0.491 e. The van der Waals surface area contributed by atoms with Crippen LogP contribution < -0.4 is 10.1 Å². The average Bonchev–Trinajstić information content (AvgIpc) is 2.82. The van der Waals surface area contributed by atoms with E-state index in [1.165, 1.54) is 5.56 Å². The molecule has 4 nitrogen and oxygen atoms in total. The van der Waals surface area contributed by atoms with E-state index in [0.29, 0.717) is 0 Å². The summed E-state index contributed by atoms with van der Waals surface area (Å²) < 4.78 is 7.63. The molecule has 1 N–H and O–H groups in total. The maximum atomic E-state index is 5.67. The molecule has 1 unspecified atom stereocenters. The molecule has 1 aromatic heterocycles. The van der Waals surface area contributed by atoms with Crippen LogP contribution in [0.1, 0.15) is 31.1 Å². The van der Waals surface area contributed by atoms with E-state index in [1.807, 2.05) is 56.9 Å². The second-order valence-corrected chi connectivity index (χ2v) is 5.26. The highest BCUT2D eigenvalue weighted by atomic mass is 16.5. The second-order valence-electron chi connectivity index (χ2n) is 5.26. The summed E-state index contributed by atoms with van der Waals surface area (Å²) in [5, 5.41) is 7.77. The van der Waals surface area contributed by atoms with Gasteiger partial charge in [-0.3, -0.25) is 4.68 Å². The highest BCUT2D eigenvalue weighted by molar-refractivity contribution is 5.29. The minimum absolute atomic E-state index is 0.202. The van der Waals surface area contributed by atoms with Crippen molar-refractivity contribution in [2.24, 2.45) is 0 Å². The lowest BCUT2D eigenvalue weighted by molar-refractivity contribution is 0.242. The monoisotopic (exact) mass is 273 g/mol. The fourth-order valence-corrected chi connectivity index (χ4v) is 2.17. The highest BCUT2D eigenvalue weighted by Crippen LogP contribution is 2.19. The first-order valence-electron chi connectivity index (χ1n) is 7.02. The van der Waals surface area contributed by atoms with Gasteiger partial charge in [0.15, 0.2) is 0 Å². The second kappa shape index (κ2) is 6.57. The third-order valence-corrected chi connectivity index (χ3v) is 3.15. The molecule has 0 amide bonds.